The van der Waals surface area contributed by atoms with Crippen LogP contribution < -0.4 is 5.32 Å². The summed E-state index contributed by atoms with van der Waals surface area (Å²) in [5, 5.41) is 34.5. The molecule has 0 radical (unpaired) electrons. The van der Waals surface area contributed by atoms with Gasteiger partial charge in [0.25, 0.3) is 5.69 Å². The quantitative estimate of drug-likeness (QED) is 0.368. The number of nitro groups is 1. The van der Waals surface area contributed by atoms with Crippen molar-refractivity contribution in [2.45, 2.75) is 0 Å². The number of rotatable bonds is 3. The Kier molecular flexibility index (Phi) is 3.82. The van der Waals surface area contributed by atoms with Gasteiger partial charge in [-0.25, -0.2) is 0 Å². The molecule has 3 aromatic carbocycles. The van der Waals surface area contributed by atoms with Crippen molar-refractivity contribution >= 4 is 28.6 Å². The van der Waals surface area contributed by atoms with Crippen LogP contribution >= 0.6 is 0 Å². The van der Waals surface area contributed by atoms with Crippen LogP contribution in [0.3, 0.4) is 0 Å². The van der Waals surface area contributed by atoms with Crippen molar-refractivity contribution in [3.63, 3.8) is 0 Å². The summed E-state index contributed by atoms with van der Waals surface area (Å²) in [6.45, 7) is 0. The molecule has 0 saturated heterocycles. The first-order valence-electron chi connectivity index (χ1n) is 8.16. The van der Waals surface area contributed by atoms with Crippen LogP contribution in [0.15, 0.2) is 54.6 Å². The zero-order valence-corrected chi connectivity index (χ0v) is 14.2. The Morgan fingerprint density at radius 3 is 2.04 bits per heavy atom. The van der Waals surface area contributed by atoms with Gasteiger partial charge in [0.05, 0.1) is 22.1 Å². The smallest absolute Gasteiger partial charge is 0.273 e. The van der Waals surface area contributed by atoms with E-state index in [1.807, 2.05) is 6.07 Å². The molecule has 0 aromatic heterocycles. The van der Waals surface area contributed by atoms with E-state index in [0.717, 1.165) is 12.1 Å². The van der Waals surface area contributed by atoms with E-state index in [4.69, 9.17) is 0 Å². The Bertz CT molecular complexity index is 1170. The van der Waals surface area contributed by atoms with Crippen LogP contribution in [0.2, 0.25) is 0 Å². The van der Waals surface area contributed by atoms with Gasteiger partial charge in [0, 0.05) is 34.6 Å². The second-order valence-corrected chi connectivity index (χ2v) is 6.21. The summed E-state index contributed by atoms with van der Waals surface area (Å²) in [5.41, 5.74) is -0.436. The molecule has 0 heterocycles. The predicted octanol–water partition coefficient (Wildman–Crippen LogP) is 3.53. The molecule has 3 aromatic rings. The highest BCUT2D eigenvalue weighted by Gasteiger charge is 2.36. The van der Waals surface area contributed by atoms with Crippen LogP contribution in [-0.2, 0) is 0 Å². The van der Waals surface area contributed by atoms with Crippen molar-refractivity contribution in [1.29, 1.82) is 0 Å². The molecule has 0 bridgehead atoms. The van der Waals surface area contributed by atoms with Gasteiger partial charge in [-0.2, -0.15) is 0 Å². The van der Waals surface area contributed by atoms with Crippen molar-refractivity contribution in [2.75, 3.05) is 5.32 Å². The van der Waals surface area contributed by atoms with E-state index in [1.165, 1.54) is 12.1 Å². The van der Waals surface area contributed by atoms with Gasteiger partial charge in [-0.15, -0.1) is 0 Å². The van der Waals surface area contributed by atoms with Crippen molar-refractivity contribution in [3.8, 4) is 11.5 Å². The number of phenols is 2. The first-order valence-corrected chi connectivity index (χ1v) is 8.16. The fourth-order valence-corrected chi connectivity index (χ4v) is 3.21. The highest BCUT2D eigenvalue weighted by Crippen LogP contribution is 2.40. The van der Waals surface area contributed by atoms with Crippen molar-refractivity contribution in [2.24, 2.45) is 0 Å². The molecule has 3 N–H and O–H groups in total. The first kappa shape index (κ1) is 17.2. The summed E-state index contributed by atoms with van der Waals surface area (Å²) in [4.78, 5) is 36.0. The number of fused-ring (bicyclic) bond motifs is 2. The van der Waals surface area contributed by atoms with Gasteiger partial charge in [0.15, 0.2) is 5.78 Å². The number of anilines is 2. The number of phenolic OH excluding ortho intramolecular Hbond substituents is 2. The third-order valence-corrected chi connectivity index (χ3v) is 4.44. The SMILES string of the molecule is O=C1c2cc(Nc3ccccc3)cc(O)c2C(=O)c2c(O)cc([N+](=O)[O-])cc21. The number of non-ortho nitro benzene ring substituents is 1. The number of hydrogen-bond donors (Lipinski definition) is 3. The molecule has 1 aliphatic rings. The van der Waals surface area contributed by atoms with E-state index < -0.39 is 33.7 Å². The monoisotopic (exact) mass is 376 g/mol. The fourth-order valence-electron chi connectivity index (χ4n) is 3.21. The zero-order chi connectivity index (χ0) is 20.0. The third kappa shape index (κ3) is 2.64. The summed E-state index contributed by atoms with van der Waals surface area (Å²) in [7, 11) is 0. The van der Waals surface area contributed by atoms with Gasteiger partial charge in [-0.05, 0) is 18.2 Å². The Morgan fingerprint density at radius 2 is 1.39 bits per heavy atom. The van der Waals surface area contributed by atoms with E-state index >= 15 is 0 Å². The largest absolute Gasteiger partial charge is 0.507 e. The third-order valence-electron chi connectivity index (χ3n) is 4.44. The second-order valence-electron chi connectivity index (χ2n) is 6.21. The molecule has 28 heavy (non-hydrogen) atoms. The summed E-state index contributed by atoms with van der Waals surface area (Å²) in [6, 6.07) is 13.4. The molecule has 0 fully saturated rings. The number of nitro benzene ring substituents is 1. The number of nitrogens with zero attached hydrogens (tertiary/aromatic N) is 1. The summed E-state index contributed by atoms with van der Waals surface area (Å²) in [6.07, 6.45) is 0. The Morgan fingerprint density at radius 1 is 0.786 bits per heavy atom. The predicted molar refractivity (Wildman–Crippen MR) is 99.5 cm³/mol. The lowest BCUT2D eigenvalue weighted by molar-refractivity contribution is -0.385. The van der Waals surface area contributed by atoms with Crippen molar-refractivity contribution < 1.29 is 24.7 Å². The van der Waals surface area contributed by atoms with E-state index in [0.29, 0.717) is 11.4 Å². The number of carbonyl (C=O) groups excluding carboxylic acids is 2. The maximum atomic E-state index is 12.9. The molecule has 138 valence electrons. The number of aromatic hydroxyl groups is 2. The highest BCUT2D eigenvalue weighted by atomic mass is 16.6. The van der Waals surface area contributed by atoms with E-state index in [1.54, 1.807) is 24.3 Å². The molecule has 0 saturated carbocycles. The van der Waals surface area contributed by atoms with Crippen LogP contribution in [0.25, 0.3) is 0 Å². The molecule has 0 unspecified atom stereocenters. The summed E-state index contributed by atoms with van der Waals surface area (Å²) >= 11 is 0. The molecule has 0 spiro atoms. The standard InChI is InChI=1S/C20H12N2O6/c23-15-7-11(21-10-4-2-1-3-5-10)6-13-17(15)20(26)18-14(19(13)25)8-12(22(27)28)9-16(18)24/h1-9,21,23-24H. The first-order chi connectivity index (χ1) is 13.4. The van der Waals surface area contributed by atoms with Gasteiger partial charge in [0.2, 0.25) is 5.78 Å². The molecule has 0 aliphatic heterocycles. The lowest BCUT2D eigenvalue weighted by Gasteiger charge is -2.20. The van der Waals surface area contributed by atoms with Crippen molar-refractivity contribution in [3.05, 3.63) is 87.0 Å². The number of para-hydroxylation sites is 1. The van der Waals surface area contributed by atoms with Gasteiger partial charge >= 0.3 is 0 Å². The zero-order valence-electron chi connectivity index (χ0n) is 14.2. The molecule has 8 nitrogen and oxygen atoms in total. The minimum atomic E-state index is -0.777. The Hall–Kier alpha value is -4.20. The molecule has 1 aliphatic carbocycles. The Labute approximate surface area is 157 Å². The molecule has 0 atom stereocenters. The highest BCUT2D eigenvalue weighted by molar-refractivity contribution is 6.30. The maximum absolute atomic E-state index is 12.9. The van der Waals surface area contributed by atoms with Gasteiger partial charge in [-0.1, -0.05) is 18.2 Å². The average Bonchev–Trinajstić information content (AvgIpc) is 2.65. The van der Waals surface area contributed by atoms with E-state index in [9.17, 15) is 29.9 Å². The fraction of sp³-hybridized carbons (Fsp3) is 0. The number of hydrogen-bond acceptors (Lipinski definition) is 7. The van der Waals surface area contributed by atoms with Crippen molar-refractivity contribution in [1.82, 2.24) is 0 Å². The van der Waals surface area contributed by atoms with Crippen LogP contribution in [0.5, 0.6) is 11.5 Å². The Balaban J connectivity index is 1.86. The van der Waals surface area contributed by atoms with Crippen LogP contribution in [0.1, 0.15) is 31.8 Å². The lowest BCUT2D eigenvalue weighted by atomic mass is 9.82. The number of ketones is 2. The lowest BCUT2D eigenvalue weighted by Crippen LogP contribution is -2.21. The number of nitrogens with one attached hydrogen (secondary N) is 1. The van der Waals surface area contributed by atoms with Gasteiger partial charge in [0.1, 0.15) is 11.5 Å². The molecule has 0 amide bonds. The summed E-state index contributed by atoms with van der Waals surface area (Å²) in [5.74, 6) is -2.59. The molecular formula is C20H12N2O6. The van der Waals surface area contributed by atoms with E-state index in [2.05, 4.69) is 5.32 Å². The van der Waals surface area contributed by atoms with Crippen LogP contribution in [-0.4, -0.2) is 26.7 Å². The number of carbonyl (C=O) groups is 2. The van der Waals surface area contributed by atoms with Crippen LogP contribution in [0, 0.1) is 10.1 Å². The minimum absolute atomic E-state index is 0.101. The maximum Gasteiger partial charge on any atom is 0.273 e. The van der Waals surface area contributed by atoms with Gasteiger partial charge in [-0.3, -0.25) is 19.7 Å². The summed E-state index contributed by atoms with van der Waals surface area (Å²) < 4.78 is 0. The van der Waals surface area contributed by atoms with Gasteiger partial charge < -0.3 is 15.5 Å². The molecule has 4 rings (SSSR count). The molecule has 8 heteroatoms. The van der Waals surface area contributed by atoms with E-state index in [-0.39, 0.29) is 22.3 Å². The normalized spacial score (nSPS) is 12.3. The number of benzene rings is 3. The average molecular weight is 376 g/mol. The topological polar surface area (TPSA) is 130 Å². The second kappa shape index (κ2) is 6.20. The van der Waals surface area contributed by atoms with Crippen LogP contribution in [0.4, 0.5) is 17.1 Å². The molecular weight excluding hydrogens is 364 g/mol. The minimum Gasteiger partial charge on any atom is -0.507 e.